The number of hydrogen-bond donors (Lipinski definition) is 1. The SMILES string of the molecule is Nc1occc1-c1ccccc1Cl. The van der Waals surface area contributed by atoms with Gasteiger partial charge in [-0.2, -0.15) is 0 Å². The highest BCUT2D eigenvalue weighted by atomic mass is 35.5. The topological polar surface area (TPSA) is 39.2 Å². The third kappa shape index (κ3) is 1.40. The summed E-state index contributed by atoms with van der Waals surface area (Å²) >= 11 is 5.99. The van der Waals surface area contributed by atoms with Crippen molar-refractivity contribution in [2.24, 2.45) is 0 Å². The molecule has 0 atom stereocenters. The summed E-state index contributed by atoms with van der Waals surface area (Å²) in [6, 6.07) is 9.32. The molecule has 2 nitrogen and oxygen atoms in total. The van der Waals surface area contributed by atoms with E-state index in [0.717, 1.165) is 11.1 Å². The van der Waals surface area contributed by atoms with Gasteiger partial charge in [-0.05, 0) is 12.1 Å². The van der Waals surface area contributed by atoms with E-state index >= 15 is 0 Å². The Balaban J connectivity index is 2.59. The van der Waals surface area contributed by atoms with E-state index in [1.165, 1.54) is 0 Å². The molecule has 0 radical (unpaired) electrons. The lowest BCUT2D eigenvalue weighted by atomic mass is 10.1. The minimum Gasteiger partial charge on any atom is -0.449 e. The molecule has 0 saturated heterocycles. The second kappa shape index (κ2) is 3.15. The highest BCUT2D eigenvalue weighted by Crippen LogP contribution is 2.32. The second-order valence-corrected chi connectivity index (χ2v) is 3.09. The largest absolute Gasteiger partial charge is 0.449 e. The van der Waals surface area contributed by atoms with Gasteiger partial charge in [-0.3, -0.25) is 0 Å². The Morgan fingerprint density at radius 3 is 2.46 bits per heavy atom. The first kappa shape index (κ1) is 8.20. The van der Waals surface area contributed by atoms with Crippen LogP contribution in [0.2, 0.25) is 5.02 Å². The van der Waals surface area contributed by atoms with Gasteiger partial charge in [-0.15, -0.1) is 0 Å². The highest BCUT2D eigenvalue weighted by Gasteiger charge is 2.07. The normalized spacial score (nSPS) is 10.2. The Kier molecular flexibility index (Phi) is 1.99. The maximum atomic E-state index is 5.99. The van der Waals surface area contributed by atoms with Crippen LogP contribution >= 0.6 is 11.6 Å². The average molecular weight is 194 g/mol. The highest BCUT2D eigenvalue weighted by molar-refractivity contribution is 6.33. The van der Waals surface area contributed by atoms with E-state index in [1.54, 1.807) is 12.3 Å². The first-order chi connectivity index (χ1) is 6.29. The molecule has 66 valence electrons. The van der Waals surface area contributed by atoms with Crippen LogP contribution in [0.25, 0.3) is 11.1 Å². The molecule has 1 aromatic heterocycles. The molecule has 1 aromatic carbocycles. The van der Waals surface area contributed by atoms with Crippen LogP contribution in [-0.2, 0) is 0 Å². The zero-order chi connectivity index (χ0) is 9.26. The maximum Gasteiger partial charge on any atom is 0.198 e. The van der Waals surface area contributed by atoms with E-state index in [1.807, 2.05) is 24.3 Å². The smallest absolute Gasteiger partial charge is 0.198 e. The first-order valence-corrected chi connectivity index (χ1v) is 4.24. The summed E-state index contributed by atoms with van der Waals surface area (Å²) in [6.45, 7) is 0. The molecule has 0 aliphatic rings. The molecule has 2 aromatic rings. The summed E-state index contributed by atoms with van der Waals surface area (Å²) in [5.74, 6) is 0.396. The van der Waals surface area contributed by atoms with Gasteiger partial charge < -0.3 is 10.2 Å². The minimum atomic E-state index is 0.396. The van der Waals surface area contributed by atoms with Crippen molar-refractivity contribution in [1.82, 2.24) is 0 Å². The third-order valence-corrected chi connectivity index (χ3v) is 2.19. The van der Waals surface area contributed by atoms with Crippen molar-refractivity contribution in [3.05, 3.63) is 41.6 Å². The van der Waals surface area contributed by atoms with E-state index in [4.69, 9.17) is 21.8 Å². The van der Waals surface area contributed by atoms with Crippen molar-refractivity contribution in [2.75, 3.05) is 5.73 Å². The van der Waals surface area contributed by atoms with Gasteiger partial charge >= 0.3 is 0 Å². The number of anilines is 1. The Labute approximate surface area is 80.9 Å². The van der Waals surface area contributed by atoms with Crippen molar-refractivity contribution < 1.29 is 4.42 Å². The predicted octanol–water partition coefficient (Wildman–Crippen LogP) is 3.18. The molecule has 0 bridgehead atoms. The molecule has 3 heteroatoms. The van der Waals surface area contributed by atoms with E-state index < -0.39 is 0 Å². The summed E-state index contributed by atoms with van der Waals surface area (Å²) in [5.41, 5.74) is 7.35. The number of benzene rings is 1. The van der Waals surface area contributed by atoms with Gasteiger partial charge in [-0.1, -0.05) is 29.8 Å². The molecule has 0 saturated carbocycles. The van der Waals surface area contributed by atoms with Gasteiger partial charge in [0.15, 0.2) is 5.88 Å². The molecule has 13 heavy (non-hydrogen) atoms. The number of rotatable bonds is 1. The van der Waals surface area contributed by atoms with Gasteiger partial charge in [0.05, 0.1) is 6.26 Å². The molecule has 0 unspecified atom stereocenters. The Bertz CT molecular complexity index is 422. The van der Waals surface area contributed by atoms with Crippen LogP contribution in [0.5, 0.6) is 0 Å². The molecule has 2 N–H and O–H groups in total. The van der Waals surface area contributed by atoms with Crippen molar-refractivity contribution in [3.63, 3.8) is 0 Å². The number of nitrogen functional groups attached to an aromatic ring is 1. The van der Waals surface area contributed by atoms with Gasteiger partial charge in [0.2, 0.25) is 0 Å². The summed E-state index contributed by atoms with van der Waals surface area (Å²) in [7, 11) is 0. The lowest BCUT2D eigenvalue weighted by Crippen LogP contribution is -1.84. The molecular weight excluding hydrogens is 186 g/mol. The molecular formula is C10H8ClNO. The van der Waals surface area contributed by atoms with Gasteiger partial charge in [0.25, 0.3) is 0 Å². The zero-order valence-corrected chi connectivity index (χ0v) is 7.58. The second-order valence-electron chi connectivity index (χ2n) is 2.68. The fourth-order valence-corrected chi connectivity index (χ4v) is 1.46. The standard InChI is InChI=1S/C10H8ClNO/c11-9-4-2-1-3-7(9)8-5-6-13-10(8)12/h1-6H,12H2. The fraction of sp³-hybridized carbons (Fsp3) is 0. The van der Waals surface area contributed by atoms with Crippen molar-refractivity contribution in [1.29, 1.82) is 0 Å². The van der Waals surface area contributed by atoms with E-state index in [9.17, 15) is 0 Å². The molecule has 0 fully saturated rings. The molecule has 1 heterocycles. The lowest BCUT2D eigenvalue weighted by molar-refractivity contribution is 0.588. The summed E-state index contributed by atoms with van der Waals surface area (Å²) in [4.78, 5) is 0. The van der Waals surface area contributed by atoms with Crippen LogP contribution in [-0.4, -0.2) is 0 Å². The first-order valence-electron chi connectivity index (χ1n) is 3.87. The number of hydrogen-bond acceptors (Lipinski definition) is 2. The van der Waals surface area contributed by atoms with Crippen LogP contribution in [0.1, 0.15) is 0 Å². The van der Waals surface area contributed by atoms with Crippen molar-refractivity contribution >= 4 is 17.5 Å². The van der Waals surface area contributed by atoms with Crippen LogP contribution < -0.4 is 5.73 Å². The molecule has 0 aliphatic carbocycles. The molecule has 0 amide bonds. The maximum absolute atomic E-state index is 5.99. The van der Waals surface area contributed by atoms with Crippen LogP contribution in [0, 0.1) is 0 Å². The Hall–Kier alpha value is -1.41. The summed E-state index contributed by atoms with van der Waals surface area (Å²) in [5, 5.41) is 0.676. The van der Waals surface area contributed by atoms with Gasteiger partial charge in [-0.25, -0.2) is 0 Å². The van der Waals surface area contributed by atoms with Crippen molar-refractivity contribution in [2.45, 2.75) is 0 Å². The van der Waals surface area contributed by atoms with Crippen LogP contribution in [0.4, 0.5) is 5.88 Å². The van der Waals surface area contributed by atoms with Crippen LogP contribution in [0.15, 0.2) is 41.0 Å². The van der Waals surface area contributed by atoms with Gasteiger partial charge in [0.1, 0.15) is 0 Å². The number of halogens is 1. The molecule has 0 aliphatic heterocycles. The Morgan fingerprint density at radius 2 is 1.85 bits per heavy atom. The average Bonchev–Trinajstić information content (AvgIpc) is 2.52. The Morgan fingerprint density at radius 1 is 1.08 bits per heavy atom. The van der Waals surface area contributed by atoms with Crippen molar-refractivity contribution in [3.8, 4) is 11.1 Å². The molecule has 2 rings (SSSR count). The quantitative estimate of drug-likeness (QED) is 0.756. The van der Waals surface area contributed by atoms with Gasteiger partial charge in [0, 0.05) is 16.1 Å². The summed E-state index contributed by atoms with van der Waals surface area (Å²) in [6.07, 6.45) is 1.55. The molecule has 0 spiro atoms. The zero-order valence-electron chi connectivity index (χ0n) is 6.83. The number of nitrogens with two attached hydrogens (primary N) is 1. The van der Waals surface area contributed by atoms with E-state index in [2.05, 4.69) is 0 Å². The predicted molar refractivity (Wildman–Crippen MR) is 53.6 cm³/mol. The van der Waals surface area contributed by atoms with E-state index in [-0.39, 0.29) is 0 Å². The monoisotopic (exact) mass is 193 g/mol. The third-order valence-electron chi connectivity index (χ3n) is 1.86. The lowest BCUT2D eigenvalue weighted by Gasteiger charge is -2.00. The fourth-order valence-electron chi connectivity index (χ4n) is 1.22. The number of furan rings is 1. The van der Waals surface area contributed by atoms with E-state index in [0.29, 0.717) is 10.9 Å². The summed E-state index contributed by atoms with van der Waals surface area (Å²) < 4.78 is 4.99. The van der Waals surface area contributed by atoms with Crippen LogP contribution in [0.3, 0.4) is 0 Å². The minimum absolute atomic E-state index is 0.396.